The second-order valence-electron chi connectivity index (χ2n) is 8.01. The first-order valence-corrected chi connectivity index (χ1v) is 10.9. The molecule has 0 atom stereocenters. The van der Waals surface area contributed by atoms with Crippen LogP contribution in [0.5, 0.6) is 5.75 Å². The fourth-order valence-corrected chi connectivity index (χ4v) is 3.58. The van der Waals surface area contributed by atoms with Crippen LogP contribution >= 0.6 is 0 Å². The molecule has 1 heterocycles. The summed E-state index contributed by atoms with van der Waals surface area (Å²) in [5, 5.41) is 9.02. The largest absolute Gasteiger partial charge is 0.494 e. The monoisotopic (exact) mass is 464 g/mol. The normalized spacial score (nSPS) is 10.6. The topological polar surface area (TPSA) is 78.8 Å². The van der Waals surface area contributed by atoms with Gasteiger partial charge in [-0.15, -0.1) is 0 Å². The third kappa shape index (κ3) is 6.31. The predicted octanol–water partition coefficient (Wildman–Crippen LogP) is 4.66. The van der Waals surface area contributed by atoms with Crippen molar-refractivity contribution in [2.24, 2.45) is 0 Å². The smallest absolute Gasteiger partial charge is 0.323 e. The zero-order valence-electron chi connectivity index (χ0n) is 19.7. The Balaban J connectivity index is 1.58. The number of anilines is 2. The van der Waals surface area contributed by atoms with Crippen molar-refractivity contribution >= 4 is 23.6 Å². The average molecular weight is 465 g/mol. The van der Waals surface area contributed by atoms with Gasteiger partial charge in [0.15, 0.2) is 5.82 Å². The molecule has 1 N–H and O–H groups in total. The van der Waals surface area contributed by atoms with E-state index in [1.165, 1.54) is 12.1 Å². The molecule has 0 unspecified atom stereocenters. The summed E-state index contributed by atoms with van der Waals surface area (Å²) in [5.41, 5.74) is 3.30. The van der Waals surface area contributed by atoms with Crippen LogP contribution in [-0.4, -0.2) is 54.8 Å². The summed E-state index contributed by atoms with van der Waals surface area (Å²) < 4.78 is 19.1. The number of hydrogen-bond acceptors (Lipinski definition) is 6. The molecule has 0 spiro atoms. The standard InChI is InChI=1S/C26H29FN4O3/c1-5-19-15-22(11-12-23(19)31(4)17-24(32)33)34-14-6-13-30(3)26-18(2)16-28-25(29-26)20-7-9-21(27)10-8-20/h5,7-12,15-16H,1,6,13-14,17H2,2-4H3,(H,32,33). The number of aromatic nitrogens is 2. The Morgan fingerprint density at radius 3 is 2.59 bits per heavy atom. The molecule has 0 amide bonds. The highest BCUT2D eigenvalue weighted by atomic mass is 19.1. The van der Waals surface area contributed by atoms with E-state index < -0.39 is 5.97 Å². The van der Waals surface area contributed by atoms with Gasteiger partial charge < -0.3 is 19.6 Å². The first-order valence-electron chi connectivity index (χ1n) is 10.9. The van der Waals surface area contributed by atoms with Crippen molar-refractivity contribution in [1.82, 2.24) is 9.97 Å². The van der Waals surface area contributed by atoms with Crippen LogP contribution in [-0.2, 0) is 4.79 Å². The summed E-state index contributed by atoms with van der Waals surface area (Å²) in [4.78, 5) is 23.7. The van der Waals surface area contributed by atoms with E-state index in [4.69, 9.17) is 9.84 Å². The molecule has 34 heavy (non-hydrogen) atoms. The number of rotatable bonds is 11. The van der Waals surface area contributed by atoms with Crippen LogP contribution in [0, 0.1) is 12.7 Å². The van der Waals surface area contributed by atoms with Crippen molar-refractivity contribution in [3.8, 4) is 17.1 Å². The zero-order valence-corrected chi connectivity index (χ0v) is 19.7. The second kappa shape index (κ2) is 11.3. The highest BCUT2D eigenvalue weighted by Crippen LogP contribution is 2.26. The van der Waals surface area contributed by atoms with Crippen molar-refractivity contribution in [2.45, 2.75) is 13.3 Å². The third-order valence-corrected chi connectivity index (χ3v) is 5.32. The summed E-state index contributed by atoms with van der Waals surface area (Å²) in [5.74, 6) is 0.866. The Morgan fingerprint density at radius 1 is 1.18 bits per heavy atom. The number of aliphatic carboxylic acids is 1. The quantitative estimate of drug-likeness (QED) is 0.414. The van der Waals surface area contributed by atoms with Gasteiger partial charge in [0.05, 0.1) is 6.61 Å². The molecule has 0 aliphatic carbocycles. The van der Waals surface area contributed by atoms with E-state index in [9.17, 15) is 9.18 Å². The highest BCUT2D eigenvalue weighted by molar-refractivity contribution is 5.76. The highest BCUT2D eigenvalue weighted by Gasteiger charge is 2.12. The Labute approximate surface area is 199 Å². The number of benzene rings is 2. The summed E-state index contributed by atoms with van der Waals surface area (Å²) >= 11 is 0. The number of likely N-dealkylation sites (N-methyl/N-ethyl adjacent to an activating group) is 1. The lowest BCUT2D eigenvalue weighted by atomic mass is 10.1. The number of hydrogen-bond donors (Lipinski definition) is 1. The molecule has 0 aliphatic rings. The number of aryl methyl sites for hydroxylation is 1. The second-order valence-corrected chi connectivity index (χ2v) is 8.01. The van der Waals surface area contributed by atoms with Crippen LogP contribution in [0.25, 0.3) is 17.5 Å². The molecule has 7 nitrogen and oxygen atoms in total. The van der Waals surface area contributed by atoms with Crippen molar-refractivity contribution in [1.29, 1.82) is 0 Å². The third-order valence-electron chi connectivity index (χ3n) is 5.32. The van der Waals surface area contributed by atoms with Crippen LogP contribution in [0.3, 0.4) is 0 Å². The molecule has 3 aromatic rings. The number of halogens is 1. The van der Waals surface area contributed by atoms with Gasteiger partial charge in [0.2, 0.25) is 0 Å². The average Bonchev–Trinajstić information content (AvgIpc) is 2.82. The van der Waals surface area contributed by atoms with Gasteiger partial charge in [0.25, 0.3) is 0 Å². The number of nitrogens with zero attached hydrogens (tertiary/aromatic N) is 4. The van der Waals surface area contributed by atoms with E-state index in [2.05, 4.69) is 16.5 Å². The summed E-state index contributed by atoms with van der Waals surface area (Å²) in [6, 6.07) is 11.6. The maximum Gasteiger partial charge on any atom is 0.323 e. The zero-order chi connectivity index (χ0) is 24.7. The van der Waals surface area contributed by atoms with Gasteiger partial charge in [-0.05, 0) is 55.8 Å². The number of carboxylic acid groups (broad SMARTS) is 1. The molecular weight excluding hydrogens is 435 g/mol. The predicted molar refractivity (Wildman–Crippen MR) is 133 cm³/mol. The van der Waals surface area contributed by atoms with Gasteiger partial charge in [-0.25, -0.2) is 14.4 Å². The molecule has 0 bridgehead atoms. The molecule has 0 saturated heterocycles. The molecule has 1 aromatic heterocycles. The fourth-order valence-electron chi connectivity index (χ4n) is 3.58. The first-order chi connectivity index (χ1) is 16.3. The molecular formula is C26H29FN4O3. The van der Waals surface area contributed by atoms with Gasteiger partial charge in [0.1, 0.15) is 23.9 Å². The lowest BCUT2D eigenvalue weighted by molar-refractivity contribution is -0.135. The molecule has 0 aliphatic heterocycles. The minimum atomic E-state index is -0.898. The lowest BCUT2D eigenvalue weighted by Crippen LogP contribution is -2.25. The van der Waals surface area contributed by atoms with Gasteiger partial charge in [-0.2, -0.15) is 0 Å². The van der Waals surface area contributed by atoms with Crippen molar-refractivity contribution in [2.75, 3.05) is 43.6 Å². The van der Waals surface area contributed by atoms with Crippen molar-refractivity contribution in [3.63, 3.8) is 0 Å². The Kier molecular flexibility index (Phi) is 8.19. The Hall–Kier alpha value is -3.94. The minimum Gasteiger partial charge on any atom is -0.494 e. The molecule has 178 valence electrons. The van der Waals surface area contributed by atoms with Crippen LogP contribution < -0.4 is 14.5 Å². The van der Waals surface area contributed by atoms with E-state index in [0.29, 0.717) is 24.7 Å². The number of ether oxygens (including phenoxy) is 1. The van der Waals surface area contributed by atoms with Crippen LogP contribution in [0.4, 0.5) is 15.9 Å². The SMILES string of the molecule is C=Cc1cc(OCCCN(C)c2nc(-c3ccc(F)cc3)ncc2C)ccc1N(C)CC(=O)O. The Morgan fingerprint density at radius 2 is 1.91 bits per heavy atom. The van der Waals surface area contributed by atoms with E-state index in [1.807, 2.05) is 37.1 Å². The molecule has 0 fully saturated rings. The van der Waals surface area contributed by atoms with Gasteiger partial charge in [-0.1, -0.05) is 12.7 Å². The van der Waals surface area contributed by atoms with Crippen LogP contribution in [0.2, 0.25) is 0 Å². The van der Waals surface area contributed by atoms with Crippen molar-refractivity contribution in [3.05, 3.63) is 72.2 Å². The fraction of sp³-hybridized carbons (Fsp3) is 0.269. The lowest BCUT2D eigenvalue weighted by Gasteiger charge is -2.21. The van der Waals surface area contributed by atoms with Crippen LogP contribution in [0.15, 0.2) is 55.2 Å². The summed E-state index contributed by atoms with van der Waals surface area (Å²) in [6.45, 7) is 6.90. The van der Waals surface area contributed by atoms with E-state index in [1.54, 1.807) is 36.4 Å². The van der Waals surface area contributed by atoms with E-state index in [-0.39, 0.29) is 12.4 Å². The van der Waals surface area contributed by atoms with Gasteiger partial charge in [0, 0.05) is 49.2 Å². The van der Waals surface area contributed by atoms with E-state index in [0.717, 1.165) is 34.6 Å². The van der Waals surface area contributed by atoms with Crippen LogP contribution in [0.1, 0.15) is 17.5 Å². The molecule has 3 rings (SSSR count). The molecule has 8 heteroatoms. The van der Waals surface area contributed by atoms with Gasteiger partial charge in [-0.3, -0.25) is 4.79 Å². The van der Waals surface area contributed by atoms with E-state index >= 15 is 0 Å². The Bertz CT molecular complexity index is 1150. The van der Waals surface area contributed by atoms with Gasteiger partial charge >= 0.3 is 5.97 Å². The molecule has 2 aromatic carbocycles. The molecule has 0 radical (unpaired) electrons. The minimum absolute atomic E-state index is 0.0985. The maximum absolute atomic E-state index is 13.2. The summed E-state index contributed by atoms with van der Waals surface area (Å²) in [6.07, 6.45) is 4.22. The molecule has 0 saturated carbocycles. The summed E-state index contributed by atoms with van der Waals surface area (Å²) in [7, 11) is 3.69. The number of carboxylic acids is 1. The first kappa shape index (κ1) is 24.7. The van der Waals surface area contributed by atoms with Crippen molar-refractivity contribution < 1.29 is 19.0 Å². The number of carbonyl (C=O) groups is 1. The maximum atomic E-state index is 13.2.